The lowest BCUT2D eigenvalue weighted by molar-refractivity contribution is 0.381. The largest absolute Gasteiger partial charge is 0.289 e. The van der Waals surface area contributed by atoms with Crippen molar-refractivity contribution < 1.29 is 0 Å². The molecule has 0 aromatic heterocycles. The van der Waals surface area contributed by atoms with Crippen molar-refractivity contribution in [2.75, 3.05) is 13.1 Å². The van der Waals surface area contributed by atoms with Gasteiger partial charge in [0.25, 0.3) is 11.4 Å². The molecule has 0 radical (unpaired) electrons. The summed E-state index contributed by atoms with van der Waals surface area (Å²) in [5.74, 6) is 1.05. The summed E-state index contributed by atoms with van der Waals surface area (Å²) in [5.41, 5.74) is 2.83. The van der Waals surface area contributed by atoms with Gasteiger partial charge in [-0.3, -0.25) is 4.90 Å². The maximum Gasteiger partial charge on any atom is 0.289 e. The van der Waals surface area contributed by atoms with E-state index in [-0.39, 0.29) is 0 Å². The quantitative estimate of drug-likeness (QED) is 0.577. The lowest BCUT2D eigenvalue weighted by Gasteiger charge is -2.10. The Morgan fingerprint density at radius 3 is 2.70 bits per heavy atom. The smallest absolute Gasteiger partial charge is 0.281 e. The van der Waals surface area contributed by atoms with Gasteiger partial charge in [0, 0.05) is 18.1 Å². The molecule has 1 aliphatic rings. The molecule has 3 heteroatoms. The van der Waals surface area contributed by atoms with Crippen LogP contribution in [-0.4, -0.2) is 23.5 Å². The summed E-state index contributed by atoms with van der Waals surface area (Å²) in [6.45, 7) is 6.30. The maximum atomic E-state index is 4.08. The highest BCUT2D eigenvalue weighted by Crippen LogP contribution is 2.16. The molecule has 0 saturated carbocycles. The molecule has 1 aliphatic heterocycles. The number of nitrogens with zero attached hydrogens (tertiary/aromatic N) is 2. The van der Waals surface area contributed by atoms with E-state index in [1.54, 1.807) is 0 Å². The molecule has 0 N–H and O–H groups in total. The number of rotatable bonds is 3. The molecule has 1 rings (SSSR count). The molecule has 0 spiro atoms. The van der Waals surface area contributed by atoms with Crippen LogP contribution in [0.4, 0.5) is 0 Å². The van der Waals surface area contributed by atoms with Crippen LogP contribution in [0.2, 0.25) is 0 Å². The van der Waals surface area contributed by atoms with E-state index in [1.165, 1.54) is 11.8 Å². The van der Waals surface area contributed by atoms with Crippen molar-refractivity contribution in [3.63, 3.8) is 0 Å². The normalized spacial score (nSPS) is 14.8. The first-order valence-corrected chi connectivity index (χ1v) is 4.33. The topological polar surface area (TPSA) is 15.6 Å². The summed E-state index contributed by atoms with van der Waals surface area (Å²) in [6.07, 6.45) is 0. The van der Waals surface area contributed by atoms with Gasteiger partial charge in [-0.2, -0.15) is 0 Å². The van der Waals surface area contributed by atoms with Gasteiger partial charge in [-0.05, 0) is 13.8 Å². The third-order valence-electron chi connectivity index (χ3n) is 1.46. The second-order valence-electron chi connectivity index (χ2n) is 1.97. The summed E-state index contributed by atoms with van der Waals surface area (Å²) in [5, 5.41) is 2.02. The summed E-state index contributed by atoms with van der Waals surface area (Å²) >= 11 is 1.52. The number of hydrogen-bond donors (Lipinski definition) is 0. The van der Waals surface area contributed by atoms with Gasteiger partial charge >= 0.3 is 0 Å². The van der Waals surface area contributed by atoms with E-state index in [1.807, 2.05) is 5.41 Å². The first kappa shape index (κ1) is 7.58. The van der Waals surface area contributed by atoms with Gasteiger partial charge in [0.2, 0.25) is 0 Å². The molecular weight excluding hydrogens is 144 g/mol. The maximum absolute atomic E-state index is 4.08. The molecule has 0 aromatic carbocycles. The number of aliphatic imine (C=N–C) groups is 1. The zero-order valence-electron chi connectivity index (χ0n) is 6.29. The Morgan fingerprint density at radius 1 is 1.60 bits per heavy atom. The number of thioether (sulfide) groups is 1. The van der Waals surface area contributed by atoms with Gasteiger partial charge in [-0.15, -0.1) is 0 Å². The Hall–Kier alpha value is -0.530. The van der Waals surface area contributed by atoms with Gasteiger partial charge in [0.05, 0.1) is 0 Å². The Balaban J connectivity index is 2.52. The molecule has 0 unspecified atom stereocenters. The Bertz CT molecular complexity index is 159. The molecule has 0 aromatic rings. The molecule has 54 valence electrons. The zero-order valence-corrected chi connectivity index (χ0v) is 7.11. The minimum Gasteiger partial charge on any atom is -0.281 e. The highest BCUT2D eigenvalue weighted by Gasteiger charge is 2.18. The molecule has 0 atom stereocenters. The monoisotopic (exact) mass is 155 g/mol. The van der Waals surface area contributed by atoms with Crippen LogP contribution in [0.5, 0.6) is 0 Å². The fraction of sp³-hybridized carbons (Fsp3) is 0.571. The van der Waals surface area contributed by atoms with Gasteiger partial charge in [-0.25, -0.2) is 0 Å². The molecule has 1 heterocycles. The average molecular weight is 155 g/mol. The third-order valence-corrected chi connectivity index (χ3v) is 1.99. The summed E-state index contributed by atoms with van der Waals surface area (Å²) in [7, 11) is 0. The average Bonchev–Trinajstić information content (AvgIpc) is 2.43. The van der Waals surface area contributed by atoms with Crippen LogP contribution < -0.4 is 0 Å². The Labute approximate surface area is 66.0 Å². The molecule has 0 amide bonds. The van der Waals surface area contributed by atoms with E-state index in [2.05, 4.69) is 29.3 Å². The summed E-state index contributed by atoms with van der Waals surface area (Å²) in [6, 6.07) is 0. The van der Waals surface area contributed by atoms with Crippen LogP contribution in [0.3, 0.4) is 0 Å². The molecular formula is C7H11N2S+. The van der Waals surface area contributed by atoms with E-state index < -0.39 is 0 Å². The fourth-order valence-corrected chi connectivity index (χ4v) is 1.38. The molecule has 0 aliphatic carbocycles. The van der Waals surface area contributed by atoms with E-state index in [0.717, 1.165) is 18.9 Å². The molecule has 2 nitrogen and oxygen atoms in total. The van der Waals surface area contributed by atoms with Crippen molar-refractivity contribution >= 4 is 17.3 Å². The van der Waals surface area contributed by atoms with E-state index in [0.29, 0.717) is 0 Å². The van der Waals surface area contributed by atoms with Crippen molar-refractivity contribution in [3.05, 3.63) is 11.2 Å². The Kier molecular flexibility index (Phi) is 2.72. The van der Waals surface area contributed by atoms with Crippen LogP contribution in [-0.2, 0) is 0 Å². The SMILES string of the molecule is CCN(CC)C1=CS[C+]=N1. The van der Waals surface area contributed by atoms with Crippen LogP contribution in [0.25, 0.3) is 0 Å². The van der Waals surface area contributed by atoms with Crippen molar-refractivity contribution in [3.8, 4) is 0 Å². The van der Waals surface area contributed by atoms with Crippen molar-refractivity contribution in [1.29, 1.82) is 0 Å². The summed E-state index contributed by atoms with van der Waals surface area (Å²) < 4.78 is 0. The fourth-order valence-electron chi connectivity index (χ4n) is 0.871. The van der Waals surface area contributed by atoms with Gasteiger partial charge in [0.15, 0.2) is 0 Å². The third kappa shape index (κ3) is 1.49. The molecule has 0 saturated heterocycles. The highest BCUT2D eigenvalue weighted by molar-refractivity contribution is 8.14. The first-order valence-electron chi connectivity index (χ1n) is 3.45. The van der Waals surface area contributed by atoms with Crippen LogP contribution in [0, 0.1) is 0 Å². The van der Waals surface area contributed by atoms with Crippen LogP contribution in [0.1, 0.15) is 13.8 Å². The van der Waals surface area contributed by atoms with E-state index in [4.69, 9.17) is 0 Å². The summed E-state index contributed by atoms with van der Waals surface area (Å²) in [4.78, 5) is 6.28. The minimum absolute atomic E-state index is 1.02. The second-order valence-corrected chi connectivity index (χ2v) is 2.62. The zero-order chi connectivity index (χ0) is 7.40. The molecule has 0 bridgehead atoms. The van der Waals surface area contributed by atoms with Gasteiger partial charge in [0.1, 0.15) is 17.2 Å². The van der Waals surface area contributed by atoms with Crippen molar-refractivity contribution in [1.82, 2.24) is 4.90 Å². The van der Waals surface area contributed by atoms with E-state index in [9.17, 15) is 0 Å². The molecule has 10 heavy (non-hydrogen) atoms. The minimum atomic E-state index is 1.02. The van der Waals surface area contributed by atoms with Gasteiger partial charge < -0.3 is 0 Å². The van der Waals surface area contributed by atoms with Crippen molar-refractivity contribution in [2.45, 2.75) is 13.8 Å². The van der Waals surface area contributed by atoms with E-state index >= 15 is 0 Å². The van der Waals surface area contributed by atoms with Crippen LogP contribution >= 0.6 is 11.8 Å². The van der Waals surface area contributed by atoms with Crippen molar-refractivity contribution in [2.24, 2.45) is 4.99 Å². The lowest BCUT2D eigenvalue weighted by atomic mass is 10.5. The lowest BCUT2D eigenvalue weighted by Crippen LogP contribution is -2.20. The predicted molar refractivity (Wildman–Crippen MR) is 46.0 cm³/mol. The predicted octanol–water partition coefficient (Wildman–Crippen LogP) is 1.78. The Morgan fingerprint density at radius 2 is 2.30 bits per heavy atom. The van der Waals surface area contributed by atoms with Crippen LogP contribution in [0.15, 0.2) is 16.2 Å². The van der Waals surface area contributed by atoms with Gasteiger partial charge in [-0.1, -0.05) is 0 Å². The number of hydrogen-bond acceptors (Lipinski definition) is 3. The second kappa shape index (κ2) is 3.59. The standard InChI is InChI=1S/C7H11N2S/c1-3-9(4-2)7-5-10-6-8-7/h5H,3-4H2,1-2H3/q+1. The molecule has 0 fully saturated rings. The first-order chi connectivity index (χ1) is 4.88. The highest BCUT2D eigenvalue weighted by atomic mass is 32.2.